The maximum Gasteiger partial charge on any atom is 0.244 e. The molecule has 0 bridgehead atoms. The molecule has 0 unspecified atom stereocenters. The molecule has 0 heterocycles. The second-order valence-corrected chi connectivity index (χ2v) is 6.77. The summed E-state index contributed by atoms with van der Waals surface area (Å²) < 4.78 is 26.0. The third-order valence-corrected chi connectivity index (χ3v) is 5.31. The van der Waals surface area contributed by atoms with Crippen molar-refractivity contribution in [2.24, 2.45) is 0 Å². The van der Waals surface area contributed by atoms with E-state index in [0.29, 0.717) is 6.54 Å². The Kier molecular flexibility index (Phi) is 5.92. The summed E-state index contributed by atoms with van der Waals surface area (Å²) in [4.78, 5) is 0.126. The fraction of sp³-hybridized carbons (Fsp3) is 0.500. The topological polar surface area (TPSA) is 37.4 Å². The van der Waals surface area contributed by atoms with Crippen molar-refractivity contribution in [3.8, 4) is 0 Å². The van der Waals surface area contributed by atoms with Gasteiger partial charge in [0.1, 0.15) is 4.90 Å². The molecular weight excluding hydrogens is 293 g/mol. The molecule has 0 fully saturated rings. The van der Waals surface area contributed by atoms with E-state index in [1.165, 1.54) is 10.4 Å². The molecule has 0 aromatic heterocycles. The van der Waals surface area contributed by atoms with Crippen LogP contribution in [-0.4, -0.2) is 26.3 Å². The standard InChI is InChI=1S/C12H17Cl2NO2S/c1-3-4-7-15(2)18(16,17)12-8-10(9-13)5-6-11(12)14/h5-6,8H,3-4,7,9H2,1-2H3. The van der Waals surface area contributed by atoms with Gasteiger partial charge >= 0.3 is 0 Å². The number of hydrogen-bond donors (Lipinski definition) is 0. The summed E-state index contributed by atoms with van der Waals surface area (Å²) in [6.07, 6.45) is 1.76. The number of unbranched alkanes of at least 4 members (excludes halogenated alkanes) is 1. The van der Waals surface area contributed by atoms with Crippen molar-refractivity contribution in [3.63, 3.8) is 0 Å². The number of halogens is 2. The molecule has 0 saturated heterocycles. The third kappa shape index (κ3) is 3.60. The SMILES string of the molecule is CCCCN(C)S(=O)(=O)c1cc(CCl)ccc1Cl. The molecule has 18 heavy (non-hydrogen) atoms. The lowest BCUT2D eigenvalue weighted by molar-refractivity contribution is 0.459. The van der Waals surface area contributed by atoms with Gasteiger partial charge in [0.05, 0.1) is 5.02 Å². The van der Waals surface area contributed by atoms with E-state index in [-0.39, 0.29) is 15.8 Å². The minimum atomic E-state index is -3.53. The van der Waals surface area contributed by atoms with E-state index < -0.39 is 10.0 Å². The van der Waals surface area contributed by atoms with E-state index in [0.717, 1.165) is 18.4 Å². The van der Waals surface area contributed by atoms with Crippen LogP contribution in [0.25, 0.3) is 0 Å². The Morgan fingerprint density at radius 1 is 1.33 bits per heavy atom. The fourth-order valence-electron chi connectivity index (χ4n) is 1.50. The fourth-order valence-corrected chi connectivity index (χ4v) is 3.39. The first-order valence-corrected chi connectivity index (χ1v) is 8.09. The largest absolute Gasteiger partial charge is 0.244 e. The van der Waals surface area contributed by atoms with E-state index in [1.807, 2.05) is 6.92 Å². The molecule has 0 aliphatic carbocycles. The van der Waals surface area contributed by atoms with E-state index in [4.69, 9.17) is 23.2 Å². The van der Waals surface area contributed by atoms with Crippen LogP contribution < -0.4 is 0 Å². The Morgan fingerprint density at radius 2 is 2.00 bits per heavy atom. The highest BCUT2D eigenvalue weighted by atomic mass is 35.5. The maximum atomic E-state index is 12.3. The molecule has 1 rings (SSSR count). The first kappa shape index (κ1) is 15.8. The molecule has 0 radical (unpaired) electrons. The second kappa shape index (κ2) is 6.75. The zero-order valence-corrected chi connectivity index (χ0v) is 12.8. The predicted molar refractivity (Wildman–Crippen MR) is 75.7 cm³/mol. The summed E-state index contributed by atoms with van der Waals surface area (Å²) in [5, 5.41) is 0.229. The van der Waals surface area contributed by atoms with E-state index in [1.54, 1.807) is 19.2 Å². The quantitative estimate of drug-likeness (QED) is 0.754. The van der Waals surface area contributed by atoms with Crippen LogP contribution in [0.4, 0.5) is 0 Å². The Labute approximate surface area is 119 Å². The molecular formula is C12H17Cl2NO2S. The Balaban J connectivity index is 3.11. The van der Waals surface area contributed by atoms with Crippen molar-refractivity contribution in [1.82, 2.24) is 4.31 Å². The molecule has 0 aliphatic rings. The number of sulfonamides is 1. The normalized spacial score (nSPS) is 12.1. The molecule has 6 heteroatoms. The lowest BCUT2D eigenvalue weighted by Gasteiger charge is -2.18. The Bertz CT molecular complexity index is 503. The average molecular weight is 310 g/mol. The Morgan fingerprint density at radius 3 is 2.56 bits per heavy atom. The molecule has 0 N–H and O–H groups in total. The van der Waals surface area contributed by atoms with Crippen molar-refractivity contribution in [2.45, 2.75) is 30.5 Å². The van der Waals surface area contributed by atoms with Crippen molar-refractivity contribution >= 4 is 33.2 Å². The lowest BCUT2D eigenvalue weighted by atomic mass is 10.2. The first-order chi connectivity index (χ1) is 8.43. The van der Waals surface area contributed by atoms with Crippen LogP contribution >= 0.6 is 23.2 Å². The van der Waals surface area contributed by atoms with Crippen LogP contribution in [0.3, 0.4) is 0 Å². The molecule has 3 nitrogen and oxygen atoms in total. The van der Waals surface area contributed by atoms with Crippen LogP contribution in [0.1, 0.15) is 25.3 Å². The van der Waals surface area contributed by atoms with Gasteiger partial charge in [-0.25, -0.2) is 12.7 Å². The highest BCUT2D eigenvalue weighted by molar-refractivity contribution is 7.89. The molecule has 1 aromatic rings. The van der Waals surface area contributed by atoms with Gasteiger partial charge in [0.15, 0.2) is 0 Å². The molecule has 102 valence electrons. The van der Waals surface area contributed by atoms with Crippen LogP contribution in [-0.2, 0) is 15.9 Å². The summed E-state index contributed by atoms with van der Waals surface area (Å²) >= 11 is 11.7. The van der Waals surface area contributed by atoms with E-state index in [2.05, 4.69) is 0 Å². The van der Waals surface area contributed by atoms with E-state index in [9.17, 15) is 8.42 Å². The second-order valence-electron chi connectivity index (χ2n) is 4.08. The predicted octanol–water partition coefficient (Wildman–Crippen LogP) is 3.50. The highest BCUT2D eigenvalue weighted by Gasteiger charge is 2.23. The number of hydrogen-bond acceptors (Lipinski definition) is 2. The maximum absolute atomic E-state index is 12.3. The monoisotopic (exact) mass is 309 g/mol. The summed E-state index contributed by atoms with van der Waals surface area (Å²) in [6, 6.07) is 4.83. The average Bonchev–Trinajstić information content (AvgIpc) is 2.36. The van der Waals surface area contributed by atoms with Crippen molar-refractivity contribution in [3.05, 3.63) is 28.8 Å². The molecule has 0 aliphatic heterocycles. The molecule has 0 atom stereocenters. The van der Waals surface area contributed by atoms with Crippen LogP contribution in [0.2, 0.25) is 5.02 Å². The third-order valence-electron chi connectivity index (χ3n) is 2.66. The molecule has 0 amide bonds. The Hall–Kier alpha value is -0.290. The van der Waals surface area contributed by atoms with Gasteiger partial charge in [0.2, 0.25) is 10.0 Å². The first-order valence-electron chi connectivity index (χ1n) is 5.74. The zero-order chi connectivity index (χ0) is 13.8. The number of rotatable bonds is 6. The van der Waals surface area contributed by atoms with Gasteiger partial charge in [-0.2, -0.15) is 0 Å². The molecule has 1 aromatic carbocycles. The minimum Gasteiger partial charge on any atom is -0.207 e. The molecule has 0 saturated carbocycles. The number of nitrogens with zero attached hydrogens (tertiary/aromatic N) is 1. The van der Waals surface area contributed by atoms with Gasteiger partial charge < -0.3 is 0 Å². The highest BCUT2D eigenvalue weighted by Crippen LogP contribution is 2.26. The van der Waals surface area contributed by atoms with E-state index >= 15 is 0 Å². The summed E-state index contributed by atoms with van der Waals surface area (Å²) in [6.45, 7) is 2.50. The lowest BCUT2D eigenvalue weighted by Crippen LogP contribution is -2.28. The minimum absolute atomic E-state index is 0.126. The van der Waals surface area contributed by atoms with Crippen LogP contribution in [0, 0.1) is 0 Å². The van der Waals surface area contributed by atoms with Crippen molar-refractivity contribution < 1.29 is 8.42 Å². The van der Waals surface area contributed by atoms with Crippen molar-refractivity contribution in [2.75, 3.05) is 13.6 Å². The number of benzene rings is 1. The number of alkyl halides is 1. The van der Waals surface area contributed by atoms with Crippen LogP contribution in [0.15, 0.2) is 23.1 Å². The van der Waals surface area contributed by atoms with Crippen LogP contribution in [0.5, 0.6) is 0 Å². The summed E-state index contributed by atoms with van der Waals surface area (Å²) in [7, 11) is -1.97. The van der Waals surface area contributed by atoms with Crippen molar-refractivity contribution in [1.29, 1.82) is 0 Å². The van der Waals surface area contributed by atoms with Gasteiger partial charge in [-0.05, 0) is 24.1 Å². The van der Waals surface area contributed by atoms with Gasteiger partial charge in [-0.1, -0.05) is 31.0 Å². The molecule has 0 spiro atoms. The summed E-state index contributed by atoms with van der Waals surface area (Å²) in [5.41, 5.74) is 0.739. The van der Waals surface area contributed by atoms with Gasteiger partial charge in [0, 0.05) is 19.5 Å². The zero-order valence-electron chi connectivity index (χ0n) is 10.5. The smallest absolute Gasteiger partial charge is 0.207 e. The van der Waals surface area contributed by atoms with Gasteiger partial charge in [-0.15, -0.1) is 11.6 Å². The van der Waals surface area contributed by atoms with Gasteiger partial charge in [-0.3, -0.25) is 0 Å². The van der Waals surface area contributed by atoms with Gasteiger partial charge in [0.25, 0.3) is 0 Å². The summed E-state index contributed by atoms with van der Waals surface area (Å²) in [5.74, 6) is 0.262.